The maximum atomic E-state index is 4.74. The molecule has 2 aromatic carbocycles. The molecule has 3 N–H and O–H groups in total. The Bertz CT molecular complexity index is 1310. The molecular weight excluding hydrogens is 436 g/mol. The third kappa shape index (κ3) is 3.21. The Balaban J connectivity index is 1.53. The number of thiophene rings is 1. The molecule has 0 aliphatic carbocycles. The van der Waals surface area contributed by atoms with Gasteiger partial charge in [-0.3, -0.25) is 5.10 Å². The molecule has 0 bridgehead atoms. The summed E-state index contributed by atoms with van der Waals surface area (Å²) >= 11 is 5.12. The van der Waals surface area contributed by atoms with Gasteiger partial charge < -0.3 is 10.6 Å². The molecule has 0 unspecified atom stereocenters. The summed E-state index contributed by atoms with van der Waals surface area (Å²) in [5, 5.41) is 16.9. The lowest BCUT2D eigenvalue weighted by molar-refractivity contribution is 1.12. The number of H-pyrrole nitrogens is 1. The van der Waals surface area contributed by atoms with E-state index in [0.29, 0.717) is 5.95 Å². The number of hydrogen-bond donors (Lipinski definition) is 3. The molecule has 0 saturated heterocycles. The minimum Gasteiger partial charge on any atom is -0.339 e. The second-order valence-electron chi connectivity index (χ2n) is 6.41. The van der Waals surface area contributed by atoms with Gasteiger partial charge in [0.25, 0.3) is 0 Å². The number of hydrogen-bond acceptors (Lipinski definition) is 6. The number of aromatic nitrogens is 4. The zero-order chi connectivity index (χ0) is 19.1. The van der Waals surface area contributed by atoms with Crippen molar-refractivity contribution < 1.29 is 0 Å². The van der Waals surface area contributed by atoms with E-state index in [4.69, 9.17) is 4.98 Å². The third-order valence-corrected chi connectivity index (χ3v) is 5.85. The lowest BCUT2D eigenvalue weighted by Gasteiger charge is -2.12. The Hall–Kier alpha value is -2.97. The van der Waals surface area contributed by atoms with Crippen LogP contribution >= 0.6 is 27.3 Å². The van der Waals surface area contributed by atoms with Gasteiger partial charge >= 0.3 is 0 Å². The SMILES string of the molecule is Cc1cc(Br)ccc1Nc1nc(Nc2ccc3[nH]ncc3c2)c2sccc2n1. The maximum Gasteiger partial charge on any atom is 0.229 e. The number of fused-ring (bicyclic) bond motifs is 2. The average molecular weight is 451 g/mol. The van der Waals surface area contributed by atoms with E-state index < -0.39 is 0 Å². The van der Waals surface area contributed by atoms with Crippen molar-refractivity contribution in [2.75, 3.05) is 10.6 Å². The van der Waals surface area contributed by atoms with Crippen LogP contribution in [0.15, 0.2) is 58.5 Å². The normalized spacial score (nSPS) is 11.2. The first-order valence-electron chi connectivity index (χ1n) is 8.64. The van der Waals surface area contributed by atoms with Crippen LogP contribution in [-0.2, 0) is 0 Å². The number of halogens is 1. The van der Waals surface area contributed by atoms with Crippen LogP contribution in [0, 0.1) is 6.92 Å². The highest BCUT2D eigenvalue weighted by molar-refractivity contribution is 9.10. The number of rotatable bonds is 4. The molecule has 5 rings (SSSR count). The van der Waals surface area contributed by atoms with Crippen molar-refractivity contribution in [1.29, 1.82) is 0 Å². The predicted octanol–water partition coefficient (Wildman–Crippen LogP) is 6.13. The molecule has 0 fully saturated rings. The second-order valence-corrected chi connectivity index (χ2v) is 8.24. The second kappa shape index (κ2) is 6.88. The van der Waals surface area contributed by atoms with E-state index in [1.165, 1.54) is 0 Å². The van der Waals surface area contributed by atoms with Gasteiger partial charge in [0, 0.05) is 21.2 Å². The summed E-state index contributed by atoms with van der Waals surface area (Å²) in [6.45, 7) is 2.05. The monoisotopic (exact) mass is 450 g/mol. The van der Waals surface area contributed by atoms with Crippen molar-refractivity contribution in [3.05, 3.63) is 64.1 Å². The number of aromatic amines is 1. The molecule has 3 heterocycles. The first-order valence-corrected chi connectivity index (χ1v) is 10.3. The maximum absolute atomic E-state index is 4.74. The van der Waals surface area contributed by atoms with Crippen molar-refractivity contribution in [1.82, 2.24) is 20.2 Å². The molecule has 0 amide bonds. The Labute approximate surface area is 173 Å². The van der Waals surface area contributed by atoms with E-state index in [1.54, 1.807) is 11.3 Å². The van der Waals surface area contributed by atoms with Gasteiger partial charge in [-0.2, -0.15) is 10.1 Å². The summed E-state index contributed by atoms with van der Waals surface area (Å²) in [5.41, 5.74) is 4.95. The van der Waals surface area contributed by atoms with Gasteiger partial charge in [-0.05, 0) is 60.3 Å². The van der Waals surface area contributed by atoms with E-state index in [-0.39, 0.29) is 0 Å². The van der Waals surface area contributed by atoms with Crippen molar-refractivity contribution in [3.8, 4) is 0 Å². The van der Waals surface area contributed by atoms with Crippen LogP contribution in [0.2, 0.25) is 0 Å². The third-order valence-electron chi connectivity index (χ3n) is 4.44. The van der Waals surface area contributed by atoms with Crippen molar-refractivity contribution in [2.24, 2.45) is 0 Å². The molecule has 0 atom stereocenters. The van der Waals surface area contributed by atoms with Crippen LogP contribution in [-0.4, -0.2) is 20.2 Å². The van der Waals surface area contributed by atoms with Crippen LogP contribution in [0.3, 0.4) is 0 Å². The number of nitrogens with zero attached hydrogens (tertiary/aromatic N) is 3. The minimum atomic E-state index is 0.559. The predicted molar refractivity (Wildman–Crippen MR) is 119 cm³/mol. The largest absolute Gasteiger partial charge is 0.339 e. The molecule has 8 heteroatoms. The highest BCUT2D eigenvalue weighted by Gasteiger charge is 2.11. The highest BCUT2D eigenvalue weighted by Crippen LogP contribution is 2.31. The van der Waals surface area contributed by atoms with Crippen LogP contribution in [0.4, 0.5) is 23.1 Å². The zero-order valence-electron chi connectivity index (χ0n) is 14.8. The van der Waals surface area contributed by atoms with Crippen LogP contribution in [0.1, 0.15) is 5.56 Å². The molecular formula is C20H15BrN6S. The summed E-state index contributed by atoms with van der Waals surface area (Å²) in [6.07, 6.45) is 1.81. The fourth-order valence-corrected chi connectivity index (χ4v) is 4.30. The first kappa shape index (κ1) is 17.2. The fourth-order valence-electron chi connectivity index (χ4n) is 3.05. The summed E-state index contributed by atoms with van der Waals surface area (Å²) < 4.78 is 2.06. The van der Waals surface area contributed by atoms with E-state index >= 15 is 0 Å². The summed E-state index contributed by atoms with van der Waals surface area (Å²) in [4.78, 5) is 9.40. The summed E-state index contributed by atoms with van der Waals surface area (Å²) in [5.74, 6) is 1.34. The molecule has 3 aromatic heterocycles. The van der Waals surface area contributed by atoms with Crippen LogP contribution < -0.4 is 10.6 Å². The number of nitrogens with one attached hydrogen (secondary N) is 3. The molecule has 0 saturated carbocycles. The number of benzene rings is 2. The minimum absolute atomic E-state index is 0.559. The topological polar surface area (TPSA) is 78.5 Å². The summed E-state index contributed by atoms with van der Waals surface area (Å²) in [6, 6.07) is 14.1. The van der Waals surface area contributed by atoms with Gasteiger partial charge in [0.2, 0.25) is 5.95 Å². The Morgan fingerprint density at radius 3 is 2.86 bits per heavy atom. The summed E-state index contributed by atoms with van der Waals surface area (Å²) in [7, 11) is 0. The van der Waals surface area contributed by atoms with Gasteiger partial charge in [-0.1, -0.05) is 15.9 Å². The molecule has 0 radical (unpaired) electrons. The van der Waals surface area contributed by atoms with Gasteiger partial charge in [0.05, 0.1) is 21.9 Å². The number of anilines is 4. The van der Waals surface area contributed by atoms with E-state index in [9.17, 15) is 0 Å². The molecule has 0 aliphatic rings. The van der Waals surface area contributed by atoms with Crippen molar-refractivity contribution in [3.63, 3.8) is 0 Å². The van der Waals surface area contributed by atoms with E-state index in [2.05, 4.69) is 54.7 Å². The Morgan fingerprint density at radius 2 is 1.96 bits per heavy atom. The zero-order valence-corrected chi connectivity index (χ0v) is 17.2. The van der Waals surface area contributed by atoms with Crippen molar-refractivity contribution >= 4 is 71.5 Å². The van der Waals surface area contributed by atoms with Crippen LogP contribution in [0.5, 0.6) is 0 Å². The van der Waals surface area contributed by atoms with Gasteiger partial charge in [0.15, 0.2) is 5.82 Å². The van der Waals surface area contributed by atoms with E-state index in [0.717, 1.165) is 48.3 Å². The molecule has 5 aromatic rings. The lowest BCUT2D eigenvalue weighted by atomic mass is 10.2. The average Bonchev–Trinajstić information content (AvgIpc) is 3.33. The fraction of sp³-hybridized carbons (Fsp3) is 0.0500. The molecule has 6 nitrogen and oxygen atoms in total. The lowest BCUT2D eigenvalue weighted by Crippen LogP contribution is -2.02. The van der Waals surface area contributed by atoms with Gasteiger partial charge in [-0.25, -0.2) is 4.98 Å². The first-order chi connectivity index (χ1) is 13.7. The Kier molecular flexibility index (Phi) is 4.22. The molecule has 0 spiro atoms. The quantitative estimate of drug-likeness (QED) is 0.307. The van der Waals surface area contributed by atoms with Crippen molar-refractivity contribution in [2.45, 2.75) is 6.92 Å². The molecule has 138 valence electrons. The molecule has 28 heavy (non-hydrogen) atoms. The van der Waals surface area contributed by atoms with Gasteiger partial charge in [0.1, 0.15) is 0 Å². The smallest absolute Gasteiger partial charge is 0.229 e. The molecule has 0 aliphatic heterocycles. The standard InChI is InChI=1S/C20H15BrN6S/c1-11-8-13(21)2-4-15(11)24-20-25-17-6-7-28-18(17)19(26-20)23-14-3-5-16-12(9-14)10-22-27-16/h2-10H,1H3,(H,22,27)(H2,23,24,25,26). The van der Waals surface area contributed by atoms with Crippen LogP contribution in [0.25, 0.3) is 21.1 Å². The highest BCUT2D eigenvalue weighted by atomic mass is 79.9. The number of aryl methyl sites for hydroxylation is 1. The Morgan fingerprint density at radius 1 is 1.04 bits per heavy atom. The van der Waals surface area contributed by atoms with Gasteiger partial charge in [-0.15, -0.1) is 11.3 Å². The van der Waals surface area contributed by atoms with E-state index in [1.807, 2.05) is 48.0 Å².